The van der Waals surface area contributed by atoms with Crippen LogP contribution < -0.4 is 19.9 Å². The second kappa shape index (κ2) is 7.88. The summed E-state index contributed by atoms with van der Waals surface area (Å²) in [6.45, 7) is 0.499. The van der Waals surface area contributed by atoms with E-state index in [1.165, 1.54) is 0 Å². The van der Waals surface area contributed by atoms with Crippen molar-refractivity contribution in [1.82, 2.24) is 10.1 Å². The van der Waals surface area contributed by atoms with Crippen LogP contribution in [0.4, 0.5) is 0 Å². The fourth-order valence-corrected chi connectivity index (χ4v) is 2.65. The van der Waals surface area contributed by atoms with Crippen molar-refractivity contribution in [2.45, 2.75) is 13.0 Å². The third kappa shape index (κ3) is 3.62. The van der Waals surface area contributed by atoms with E-state index in [-0.39, 0.29) is 0 Å². The predicted octanol–water partition coefficient (Wildman–Crippen LogP) is 2.81. The summed E-state index contributed by atoms with van der Waals surface area (Å²) in [4.78, 5) is 4.46. The standard InChI is InChI=1S/C19H21N3O4/c1-23-15-8-13(9-16(24-2)18(15)25-3)10-17-21-19(22-26-17)14-6-4-12(11-20)5-7-14/h4-9H,10-11,20H2,1-3H3. The van der Waals surface area contributed by atoms with Gasteiger partial charge < -0.3 is 24.5 Å². The maximum Gasteiger partial charge on any atom is 0.231 e. The van der Waals surface area contributed by atoms with Gasteiger partial charge in [-0.1, -0.05) is 29.4 Å². The Hall–Kier alpha value is -3.06. The van der Waals surface area contributed by atoms with Crippen LogP contribution in [0.25, 0.3) is 11.4 Å². The molecule has 0 aliphatic rings. The van der Waals surface area contributed by atoms with Crippen molar-refractivity contribution in [3.63, 3.8) is 0 Å². The van der Waals surface area contributed by atoms with E-state index < -0.39 is 0 Å². The SMILES string of the molecule is COc1cc(Cc2nc(-c3ccc(CN)cc3)no2)cc(OC)c1OC. The third-order valence-corrected chi connectivity index (χ3v) is 4.00. The minimum atomic E-state index is 0.449. The number of ether oxygens (including phenoxy) is 3. The number of hydrogen-bond acceptors (Lipinski definition) is 7. The molecule has 0 saturated heterocycles. The molecule has 7 heteroatoms. The van der Waals surface area contributed by atoms with Gasteiger partial charge >= 0.3 is 0 Å². The van der Waals surface area contributed by atoms with Crippen molar-refractivity contribution in [3.8, 4) is 28.6 Å². The Balaban J connectivity index is 1.84. The van der Waals surface area contributed by atoms with Gasteiger partial charge in [0, 0.05) is 12.1 Å². The van der Waals surface area contributed by atoms with E-state index in [0.717, 1.165) is 16.7 Å². The zero-order chi connectivity index (χ0) is 18.5. The van der Waals surface area contributed by atoms with Gasteiger partial charge in [-0.3, -0.25) is 0 Å². The summed E-state index contributed by atoms with van der Waals surface area (Å²) in [5.74, 6) is 2.75. The van der Waals surface area contributed by atoms with Crippen LogP contribution in [0.5, 0.6) is 17.2 Å². The first-order valence-electron chi connectivity index (χ1n) is 8.09. The molecule has 26 heavy (non-hydrogen) atoms. The summed E-state index contributed by atoms with van der Waals surface area (Å²) in [5, 5.41) is 4.05. The Bertz CT molecular complexity index is 850. The Labute approximate surface area is 151 Å². The maximum atomic E-state index is 5.62. The predicted molar refractivity (Wildman–Crippen MR) is 96.5 cm³/mol. The van der Waals surface area contributed by atoms with Gasteiger partial charge in [-0.15, -0.1) is 0 Å². The molecule has 0 saturated carbocycles. The van der Waals surface area contributed by atoms with E-state index >= 15 is 0 Å². The number of rotatable bonds is 7. The van der Waals surface area contributed by atoms with E-state index in [1.54, 1.807) is 21.3 Å². The van der Waals surface area contributed by atoms with Crippen molar-refractivity contribution < 1.29 is 18.7 Å². The van der Waals surface area contributed by atoms with E-state index in [1.807, 2.05) is 36.4 Å². The van der Waals surface area contributed by atoms with E-state index in [4.69, 9.17) is 24.5 Å². The molecule has 1 aromatic heterocycles. The molecule has 0 radical (unpaired) electrons. The first-order valence-corrected chi connectivity index (χ1v) is 8.09. The van der Waals surface area contributed by atoms with Crippen LogP contribution in [-0.2, 0) is 13.0 Å². The summed E-state index contributed by atoms with van der Waals surface area (Å²) < 4.78 is 21.5. The highest BCUT2D eigenvalue weighted by Crippen LogP contribution is 2.38. The molecule has 0 amide bonds. The van der Waals surface area contributed by atoms with Gasteiger partial charge in [0.1, 0.15) is 0 Å². The number of methoxy groups -OCH3 is 3. The Kier molecular flexibility index (Phi) is 5.38. The average Bonchev–Trinajstić information content (AvgIpc) is 3.15. The zero-order valence-electron chi connectivity index (χ0n) is 15.0. The first kappa shape index (κ1) is 17.8. The molecule has 2 N–H and O–H groups in total. The topological polar surface area (TPSA) is 92.6 Å². The van der Waals surface area contributed by atoms with Gasteiger partial charge in [-0.25, -0.2) is 0 Å². The minimum absolute atomic E-state index is 0.449. The monoisotopic (exact) mass is 355 g/mol. The van der Waals surface area contributed by atoms with Gasteiger partial charge in [0.15, 0.2) is 11.5 Å². The highest BCUT2D eigenvalue weighted by molar-refractivity contribution is 5.56. The Morgan fingerprint density at radius 3 is 2.12 bits per heavy atom. The lowest BCUT2D eigenvalue weighted by Gasteiger charge is -2.13. The van der Waals surface area contributed by atoms with Crippen LogP contribution in [0.15, 0.2) is 40.9 Å². The minimum Gasteiger partial charge on any atom is -0.493 e. The molecule has 3 rings (SSSR count). The quantitative estimate of drug-likeness (QED) is 0.696. The molecular weight excluding hydrogens is 334 g/mol. The van der Waals surface area contributed by atoms with Crippen LogP contribution >= 0.6 is 0 Å². The number of aromatic nitrogens is 2. The number of hydrogen-bond donors (Lipinski definition) is 1. The normalized spacial score (nSPS) is 10.6. The maximum absolute atomic E-state index is 5.62. The largest absolute Gasteiger partial charge is 0.493 e. The van der Waals surface area contributed by atoms with Crippen molar-refractivity contribution in [2.24, 2.45) is 5.73 Å². The molecule has 0 atom stereocenters. The lowest BCUT2D eigenvalue weighted by Crippen LogP contribution is -1.98. The van der Waals surface area contributed by atoms with Crippen LogP contribution in [0, 0.1) is 0 Å². The van der Waals surface area contributed by atoms with Gasteiger partial charge in [-0.05, 0) is 23.3 Å². The van der Waals surface area contributed by atoms with Crippen LogP contribution in [0.2, 0.25) is 0 Å². The molecule has 0 aliphatic heterocycles. The third-order valence-electron chi connectivity index (χ3n) is 4.00. The van der Waals surface area contributed by atoms with Gasteiger partial charge in [0.05, 0.1) is 27.8 Å². The lowest BCUT2D eigenvalue weighted by molar-refractivity contribution is 0.323. The lowest BCUT2D eigenvalue weighted by atomic mass is 10.1. The summed E-state index contributed by atoms with van der Waals surface area (Å²) in [6.07, 6.45) is 0.449. The van der Waals surface area contributed by atoms with E-state index in [0.29, 0.717) is 41.9 Å². The van der Waals surface area contributed by atoms with Gasteiger partial charge in [0.2, 0.25) is 17.5 Å². The van der Waals surface area contributed by atoms with Gasteiger partial charge in [-0.2, -0.15) is 4.98 Å². The van der Waals surface area contributed by atoms with E-state index in [2.05, 4.69) is 10.1 Å². The second-order valence-corrected chi connectivity index (χ2v) is 5.62. The molecule has 0 spiro atoms. The summed E-state index contributed by atoms with van der Waals surface area (Å²) in [5.41, 5.74) is 8.46. The fourth-order valence-electron chi connectivity index (χ4n) is 2.65. The zero-order valence-corrected chi connectivity index (χ0v) is 15.0. The van der Waals surface area contributed by atoms with Crippen LogP contribution in [0.3, 0.4) is 0 Å². The molecule has 0 aliphatic carbocycles. The highest BCUT2D eigenvalue weighted by atomic mass is 16.5. The van der Waals surface area contributed by atoms with Crippen molar-refractivity contribution in [3.05, 3.63) is 53.4 Å². The number of nitrogens with zero attached hydrogens (tertiary/aromatic N) is 2. The Morgan fingerprint density at radius 1 is 0.923 bits per heavy atom. The van der Waals surface area contributed by atoms with Crippen LogP contribution in [-0.4, -0.2) is 31.5 Å². The molecule has 7 nitrogen and oxygen atoms in total. The second-order valence-electron chi connectivity index (χ2n) is 5.62. The number of nitrogens with two attached hydrogens (primary N) is 1. The first-order chi connectivity index (χ1) is 12.7. The molecular formula is C19H21N3O4. The summed E-state index contributed by atoms with van der Waals surface area (Å²) in [7, 11) is 4.73. The summed E-state index contributed by atoms with van der Waals surface area (Å²) in [6, 6.07) is 11.5. The van der Waals surface area contributed by atoms with Gasteiger partial charge in [0.25, 0.3) is 0 Å². The van der Waals surface area contributed by atoms with Crippen molar-refractivity contribution in [1.29, 1.82) is 0 Å². The molecule has 3 aromatic rings. The van der Waals surface area contributed by atoms with Crippen molar-refractivity contribution in [2.75, 3.05) is 21.3 Å². The average molecular weight is 355 g/mol. The highest BCUT2D eigenvalue weighted by Gasteiger charge is 2.15. The number of benzene rings is 2. The van der Waals surface area contributed by atoms with Crippen molar-refractivity contribution >= 4 is 0 Å². The fraction of sp³-hybridized carbons (Fsp3) is 0.263. The molecule has 0 unspecified atom stereocenters. The van der Waals surface area contributed by atoms with Crippen LogP contribution in [0.1, 0.15) is 17.0 Å². The Morgan fingerprint density at radius 2 is 1.58 bits per heavy atom. The smallest absolute Gasteiger partial charge is 0.231 e. The molecule has 0 bridgehead atoms. The van der Waals surface area contributed by atoms with E-state index in [9.17, 15) is 0 Å². The summed E-state index contributed by atoms with van der Waals surface area (Å²) >= 11 is 0. The molecule has 2 aromatic carbocycles. The molecule has 1 heterocycles. The molecule has 0 fully saturated rings. The molecule has 136 valence electrons.